The van der Waals surface area contributed by atoms with Crippen LogP contribution in [0.15, 0.2) is 24.3 Å². The number of Topliss-reactive ketones (excluding diaryl/α,β-unsaturated/α-hetero) is 2. The van der Waals surface area contributed by atoms with Crippen molar-refractivity contribution in [3.8, 4) is 5.75 Å². The van der Waals surface area contributed by atoms with Crippen molar-refractivity contribution in [1.82, 2.24) is 4.98 Å². The highest BCUT2D eigenvalue weighted by molar-refractivity contribution is 6.05. The average molecular weight is 412 g/mol. The number of hydrogen-bond donors (Lipinski definition) is 1. The maximum Gasteiger partial charge on any atom is 0.349 e. The van der Waals surface area contributed by atoms with Crippen molar-refractivity contribution in [2.75, 3.05) is 11.4 Å². The molecule has 1 aliphatic rings. The number of nitrogens with one attached hydrogen (secondary N) is 1. The molecule has 1 aliphatic heterocycles. The maximum atomic E-state index is 12.8. The van der Waals surface area contributed by atoms with Gasteiger partial charge in [-0.1, -0.05) is 12.1 Å². The third kappa shape index (κ3) is 3.85. The van der Waals surface area contributed by atoms with Gasteiger partial charge in [0.15, 0.2) is 11.9 Å². The fourth-order valence-electron chi connectivity index (χ4n) is 3.69. The van der Waals surface area contributed by atoms with Crippen molar-refractivity contribution >= 4 is 29.1 Å². The third-order valence-electron chi connectivity index (χ3n) is 5.11. The third-order valence-corrected chi connectivity index (χ3v) is 5.11. The van der Waals surface area contributed by atoms with Gasteiger partial charge in [-0.25, -0.2) is 4.79 Å². The Morgan fingerprint density at radius 3 is 2.43 bits per heavy atom. The van der Waals surface area contributed by atoms with Crippen molar-refractivity contribution in [3.05, 3.63) is 46.8 Å². The Kier molecular flexibility index (Phi) is 5.78. The van der Waals surface area contributed by atoms with E-state index < -0.39 is 24.0 Å². The quantitative estimate of drug-likeness (QED) is 0.598. The first-order valence-corrected chi connectivity index (χ1v) is 9.60. The molecule has 2 atom stereocenters. The lowest BCUT2D eigenvalue weighted by Gasteiger charge is -2.33. The topological polar surface area (TPSA) is 106 Å². The molecule has 8 heteroatoms. The van der Waals surface area contributed by atoms with E-state index in [0.29, 0.717) is 28.3 Å². The standard InChI is InChI=1S/C22H24N2O6/c1-11-19(13(3)25)12(2)23-20(11)21(27)14(4)29-22(28)18-10-24(15(5)26)16-8-6-7-9-17(16)30-18/h6-9,14,18,23H,10H2,1-5H3/t14-,18-/m1/s1. The molecule has 1 aromatic carbocycles. The minimum Gasteiger partial charge on any atom is -0.475 e. The second-order valence-electron chi connectivity index (χ2n) is 7.33. The molecule has 2 aromatic rings. The predicted octanol–water partition coefficient (Wildman–Crippen LogP) is 2.76. The van der Waals surface area contributed by atoms with Crippen LogP contribution in [0.2, 0.25) is 0 Å². The molecule has 8 nitrogen and oxygen atoms in total. The Labute approximate surface area is 174 Å². The fourth-order valence-corrected chi connectivity index (χ4v) is 3.69. The molecule has 0 bridgehead atoms. The zero-order valence-corrected chi connectivity index (χ0v) is 17.6. The zero-order valence-electron chi connectivity index (χ0n) is 17.6. The Morgan fingerprint density at radius 2 is 1.83 bits per heavy atom. The molecule has 0 aliphatic carbocycles. The van der Waals surface area contributed by atoms with Gasteiger partial charge in [-0.05, 0) is 45.4 Å². The van der Waals surface area contributed by atoms with Gasteiger partial charge in [0, 0.05) is 18.2 Å². The lowest BCUT2D eigenvalue weighted by atomic mass is 10.0. The molecule has 30 heavy (non-hydrogen) atoms. The van der Waals surface area contributed by atoms with E-state index in [9.17, 15) is 19.2 Å². The number of benzene rings is 1. The summed E-state index contributed by atoms with van der Waals surface area (Å²) >= 11 is 0. The molecule has 1 N–H and O–H groups in total. The van der Waals surface area contributed by atoms with Crippen molar-refractivity contribution in [1.29, 1.82) is 0 Å². The minimum atomic E-state index is -1.10. The largest absolute Gasteiger partial charge is 0.475 e. The van der Waals surface area contributed by atoms with E-state index in [1.807, 2.05) is 0 Å². The summed E-state index contributed by atoms with van der Waals surface area (Å²) in [6.45, 7) is 7.66. The Hall–Kier alpha value is -3.42. The summed E-state index contributed by atoms with van der Waals surface area (Å²) < 4.78 is 11.1. The molecule has 0 saturated carbocycles. The van der Waals surface area contributed by atoms with Gasteiger partial charge >= 0.3 is 5.97 Å². The van der Waals surface area contributed by atoms with E-state index >= 15 is 0 Å². The number of aryl methyl sites for hydroxylation is 1. The number of H-pyrrole nitrogens is 1. The second-order valence-corrected chi connectivity index (χ2v) is 7.33. The number of anilines is 1. The van der Waals surface area contributed by atoms with Gasteiger partial charge in [0.25, 0.3) is 0 Å². The van der Waals surface area contributed by atoms with Crippen LogP contribution in [-0.4, -0.2) is 47.2 Å². The summed E-state index contributed by atoms with van der Waals surface area (Å²) in [5.41, 5.74) is 2.39. The number of ether oxygens (including phenoxy) is 2. The van der Waals surface area contributed by atoms with Gasteiger partial charge in [0.2, 0.25) is 17.8 Å². The number of aromatic nitrogens is 1. The number of para-hydroxylation sites is 2. The van der Waals surface area contributed by atoms with Crippen LogP contribution in [0, 0.1) is 13.8 Å². The van der Waals surface area contributed by atoms with E-state index in [2.05, 4.69) is 4.98 Å². The summed E-state index contributed by atoms with van der Waals surface area (Å²) in [7, 11) is 0. The van der Waals surface area contributed by atoms with Crippen LogP contribution in [0.4, 0.5) is 5.69 Å². The molecular formula is C22H24N2O6. The second kappa shape index (κ2) is 8.14. The van der Waals surface area contributed by atoms with E-state index in [4.69, 9.17) is 9.47 Å². The number of esters is 1. The summed E-state index contributed by atoms with van der Waals surface area (Å²) in [6.07, 6.45) is -2.15. The molecule has 158 valence electrons. The highest BCUT2D eigenvalue weighted by Crippen LogP contribution is 2.33. The highest BCUT2D eigenvalue weighted by atomic mass is 16.6. The van der Waals surface area contributed by atoms with Gasteiger partial charge in [-0.2, -0.15) is 0 Å². The highest BCUT2D eigenvalue weighted by Gasteiger charge is 2.35. The van der Waals surface area contributed by atoms with E-state index in [-0.39, 0.29) is 23.9 Å². The van der Waals surface area contributed by atoms with Crippen LogP contribution >= 0.6 is 0 Å². The van der Waals surface area contributed by atoms with Crippen LogP contribution in [0.1, 0.15) is 52.9 Å². The van der Waals surface area contributed by atoms with Crippen LogP contribution in [-0.2, 0) is 14.3 Å². The number of carbonyl (C=O) groups excluding carboxylic acids is 4. The first-order valence-electron chi connectivity index (χ1n) is 9.60. The Balaban J connectivity index is 1.76. The summed E-state index contributed by atoms with van der Waals surface area (Å²) in [6, 6.07) is 6.90. The minimum absolute atomic E-state index is 0.0127. The molecular weight excluding hydrogens is 388 g/mol. The van der Waals surface area contributed by atoms with Gasteiger partial charge in [0.1, 0.15) is 5.75 Å². The number of carbonyl (C=O) groups is 4. The molecule has 0 unspecified atom stereocenters. The van der Waals surface area contributed by atoms with Crippen LogP contribution in [0.5, 0.6) is 5.75 Å². The van der Waals surface area contributed by atoms with Crippen molar-refractivity contribution in [2.24, 2.45) is 0 Å². The summed E-state index contributed by atoms with van der Waals surface area (Å²) in [4.78, 5) is 53.7. The van der Waals surface area contributed by atoms with Crippen molar-refractivity contribution in [2.45, 2.75) is 46.8 Å². The molecule has 0 spiro atoms. The van der Waals surface area contributed by atoms with Gasteiger partial charge in [-0.15, -0.1) is 0 Å². The molecule has 2 heterocycles. The smallest absolute Gasteiger partial charge is 0.349 e. The van der Waals surface area contributed by atoms with Crippen LogP contribution < -0.4 is 9.64 Å². The zero-order chi connectivity index (χ0) is 22.2. The number of rotatable bonds is 5. The lowest BCUT2D eigenvalue weighted by Crippen LogP contribution is -2.48. The summed E-state index contributed by atoms with van der Waals surface area (Å²) in [5.74, 6) is -1.19. The van der Waals surface area contributed by atoms with Crippen LogP contribution in [0.3, 0.4) is 0 Å². The van der Waals surface area contributed by atoms with E-state index in [1.165, 1.54) is 25.7 Å². The molecule has 0 saturated heterocycles. The number of ketones is 2. The number of nitrogens with zero attached hydrogens (tertiary/aromatic N) is 1. The monoisotopic (exact) mass is 412 g/mol. The molecule has 0 fully saturated rings. The van der Waals surface area contributed by atoms with Gasteiger partial charge in [-0.3, -0.25) is 14.4 Å². The van der Waals surface area contributed by atoms with Crippen LogP contribution in [0.25, 0.3) is 0 Å². The Bertz CT molecular complexity index is 1040. The van der Waals surface area contributed by atoms with Gasteiger partial charge < -0.3 is 19.4 Å². The SMILES string of the molecule is CC(=O)c1c(C)[nH]c(C(=O)[C@@H](C)OC(=O)[C@H]2CN(C(C)=O)c3ccccc3O2)c1C. The molecule has 1 amide bonds. The maximum absolute atomic E-state index is 12.8. The van der Waals surface area contributed by atoms with Crippen molar-refractivity contribution < 1.29 is 28.7 Å². The first-order chi connectivity index (χ1) is 14.1. The Morgan fingerprint density at radius 1 is 1.17 bits per heavy atom. The number of hydrogen-bond acceptors (Lipinski definition) is 6. The number of amides is 1. The lowest BCUT2D eigenvalue weighted by molar-refractivity contribution is -0.154. The molecule has 0 radical (unpaired) electrons. The van der Waals surface area contributed by atoms with E-state index in [0.717, 1.165) is 0 Å². The average Bonchev–Trinajstić information content (AvgIpc) is 3.00. The normalized spacial score (nSPS) is 16.3. The fraction of sp³-hybridized carbons (Fsp3) is 0.364. The predicted molar refractivity (Wildman–Crippen MR) is 109 cm³/mol. The van der Waals surface area contributed by atoms with E-state index in [1.54, 1.807) is 38.1 Å². The molecule has 3 rings (SSSR count). The number of aromatic amines is 1. The summed E-state index contributed by atoms with van der Waals surface area (Å²) in [5, 5.41) is 0. The van der Waals surface area contributed by atoms with Crippen molar-refractivity contribution in [3.63, 3.8) is 0 Å². The first kappa shape index (κ1) is 21.3. The molecule has 1 aromatic heterocycles. The number of fused-ring (bicyclic) bond motifs is 1. The van der Waals surface area contributed by atoms with Gasteiger partial charge in [0.05, 0.1) is 17.9 Å².